The number of aromatic nitrogens is 1. The lowest BCUT2D eigenvalue weighted by Gasteiger charge is -2.24. The zero-order valence-corrected chi connectivity index (χ0v) is 21.9. The quantitative estimate of drug-likeness (QED) is 0.316. The molecule has 0 bridgehead atoms. The number of halogens is 2. The number of rotatable bonds is 7. The smallest absolute Gasteiger partial charge is 0.308 e. The van der Waals surface area contributed by atoms with Crippen LogP contribution in [-0.4, -0.2) is 25.4 Å². The van der Waals surface area contributed by atoms with Gasteiger partial charge in [-0.2, -0.15) is 0 Å². The van der Waals surface area contributed by atoms with Gasteiger partial charge in [0.1, 0.15) is 6.54 Å². The van der Waals surface area contributed by atoms with Gasteiger partial charge in [0, 0.05) is 21.8 Å². The van der Waals surface area contributed by atoms with Gasteiger partial charge in [0.15, 0.2) is 0 Å². The molecule has 3 aromatic carbocycles. The molecule has 0 saturated carbocycles. The number of anilines is 2. The van der Waals surface area contributed by atoms with E-state index in [1.54, 1.807) is 41.0 Å². The Morgan fingerprint density at radius 1 is 1.03 bits per heavy atom. The summed E-state index contributed by atoms with van der Waals surface area (Å²) in [6, 6.07) is 17.1. The minimum absolute atomic E-state index is 0.000945. The number of nitrogens with one attached hydrogen (secondary N) is 1. The van der Waals surface area contributed by atoms with E-state index >= 15 is 0 Å². The Balaban J connectivity index is 1.65. The van der Waals surface area contributed by atoms with E-state index < -0.39 is 22.5 Å². The van der Waals surface area contributed by atoms with Gasteiger partial charge in [-0.15, -0.1) is 0 Å². The lowest BCUT2D eigenvalue weighted by atomic mass is 10.2. The highest BCUT2D eigenvalue weighted by atomic mass is 35.5. The predicted molar refractivity (Wildman–Crippen MR) is 143 cm³/mol. The van der Waals surface area contributed by atoms with Crippen LogP contribution < -0.4 is 14.5 Å². The van der Waals surface area contributed by atoms with Crippen LogP contribution in [-0.2, 0) is 14.8 Å². The summed E-state index contributed by atoms with van der Waals surface area (Å²) in [7, 11) is -4.11. The lowest BCUT2D eigenvalue weighted by molar-refractivity contribution is -0.114. The molecule has 35 heavy (non-hydrogen) atoms. The summed E-state index contributed by atoms with van der Waals surface area (Å²) in [4.78, 5) is 25.2. The Morgan fingerprint density at radius 2 is 1.74 bits per heavy atom. The zero-order chi connectivity index (χ0) is 25.3. The summed E-state index contributed by atoms with van der Waals surface area (Å²) in [5.74, 6) is -0.558. The summed E-state index contributed by atoms with van der Waals surface area (Å²) in [5, 5.41) is 3.45. The first-order valence-electron chi connectivity index (χ1n) is 10.5. The Hall–Kier alpha value is -2.85. The van der Waals surface area contributed by atoms with Crippen LogP contribution in [0, 0.1) is 0 Å². The molecule has 4 aromatic rings. The van der Waals surface area contributed by atoms with E-state index in [2.05, 4.69) is 5.32 Å². The van der Waals surface area contributed by atoms with E-state index in [0.717, 1.165) is 25.9 Å². The molecule has 0 atom stereocenters. The summed E-state index contributed by atoms with van der Waals surface area (Å²) < 4.78 is 30.3. The second-order valence-corrected chi connectivity index (χ2v) is 11.7. The van der Waals surface area contributed by atoms with Crippen LogP contribution >= 0.6 is 34.5 Å². The van der Waals surface area contributed by atoms with E-state index in [1.807, 2.05) is 13.8 Å². The Kier molecular flexibility index (Phi) is 7.23. The third kappa shape index (κ3) is 5.38. The summed E-state index contributed by atoms with van der Waals surface area (Å²) in [5.41, 5.74) is 1.47. The zero-order valence-electron chi connectivity index (χ0n) is 18.7. The standard InChI is InChI=1S/C24H21Cl2N3O4S2/c1-15(2)29-21-11-8-18(13-22(21)34-24(29)31)27-23(30)14-28(19-5-3-4-17(26)12-19)35(32,33)20-9-6-16(25)7-10-20/h3-13,15H,14H2,1-2H3,(H,27,30). The topological polar surface area (TPSA) is 88.5 Å². The molecule has 11 heteroatoms. The SMILES string of the molecule is CC(C)n1c(=O)sc2cc(NC(=O)CN(c3cccc(Cl)c3)S(=O)(=O)c3ccc(Cl)cc3)ccc21. The first kappa shape index (κ1) is 25.2. The molecule has 1 amide bonds. The molecule has 0 aliphatic heterocycles. The number of benzene rings is 3. The lowest BCUT2D eigenvalue weighted by Crippen LogP contribution is -2.38. The highest BCUT2D eigenvalue weighted by molar-refractivity contribution is 7.92. The van der Waals surface area contributed by atoms with Gasteiger partial charge in [-0.1, -0.05) is 40.6 Å². The molecular weight excluding hydrogens is 529 g/mol. The molecule has 0 aliphatic carbocycles. The number of carbonyl (C=O) groups excluding carboxylic acids is 1. The Labute approximate surface area is 216 Å². The maximum Gasteiger partial charge on any atom is 0.308 e. The number of fused-ring (bicyclic) bond motifs is 1. The molecule has 182 valence electrons. The summed E-state index contributed by atoms with van der Waals surface area (Å²) >= 11 is 13.1. The van der Waals surface area contributed by atoms with Gasteiger partial charge in [-0.05, 0) is 74.5 Å². The molecule has 0 fully saturated rings. The van der Waals surface area contributed by atoms with Crippen LogP contribution in [0.5, 0.6) is 0 Å². The van der Waals surface area contributed by atoms with Gasteiger partial charge in [0.05, 0.1) is 20.8 Å². The molecule has 0 radical (unpaired) electrons. The van der Waals surface area contributed by atoms with Gasteiger partial charge in [-0.25, -0.2) is 8.42 Å². The monoisotopic (exact) mass is 549 g/mol. The maximum atomic E-state index is 13.4. The molecular formula is C24H21Cl2N3O4S2. The Morgan fingerprint density at radius 3 is 2.40 bits per heavy atom. The fourth-order valence-corrected chi connectivity index (χ4v) is 6.39. The van der Waals surface area contributed by atoms with Crippen molar-refractivity contribution in [3.05, 3.63) is 86.4 Å². The fraction of sp³-hybridized carbons (Fsp3) is 0.167. The van der Waals surface area contributed by atoms with Crippen LogP contribution in [0.25, 0.3) is 10.2 Å². The van der Waals surface area contributed by atoms with E-state index in [9.17, 15) is 18.0 Å². The third-order valence-corrected chi connectivity index (χ3v) is 8.39. The minimum atomic E-state index is -4.11. The molecule has 0 unspecified atom stereocenters. The summed E-state index contributed by atoms with van der Waals surface area (Å²) in [6.07, 6.45) is 0. The molecule has 1 aromatic heterocycles. The Bertz CT molecular complexity index is 1560. The van der Waals surface area contributed by atoms with E-state index in [4.69, 9.17) is 23.2 Å². The predicted octanol–water partition coefficient (Wildman–Crippen LogP) is 5.78. The number of amides is 1. The van der Waals surface area contributed by atoms with Crippen LogP contribution in [0.3, 0.4) is 0 Å². The second kappa shape index (κ2) is 10.0. The average molecular weight is 550 g/mol. The van der Waals surface area contributed by atoms with Crippen molar-refractivity contribution in [3.8, 4) is 0 Å². The van der Waals surface area contributed by atoms with Gasteiger partial charge in [-0.3, -0.25) is 18.5 Å². The van der Waals surface area contributed by atoms with Crippen molar-refractivity contribution < 1.29 is 13.2 Å². The number of sulfonamides is 1. The van der Waals surface area contributed by atoms with Crippen molar-refractivity contribution in [2.75, 3.05) is 16.2 Å². The number of nitrogens with zero attached hydrogens (tertiary/aromatic N) is 2. The highest BCUT2D eigenvalue weighted by Crippen LogP contribution is 2.28. The first-order chi connectivity index (χ1) is 16.6. The molecule has 0 saturated heterocycles. The van der Waals surface area contributed by atoms with E-state index in [-0.39, 0.29) is 21.5 Å². The van der Waals surface area contributed by atoms with Gasteiger partial charge < -0.3 is 5.32 Å². The first-order valence-corrected chi connectivity index (χ1v) is 13.6. The van der Waals surface area contributed by atoms with Crippen molar-refractivity contribution in [1.29, 1.82) is 0 Å². The number of hydrogen-bond donors (Lipinski definition) is 1. The number of thiazole rings is 1. The van der Waals surface area contributed by atoms with Crippen molar-refractivity contribution in [3.63, 3.8) is 0 Å². The maximum absolute atomic E-state index is 13.4. The largest absolute Gasteiger partial charge is 0.324 e. The van der Waals surface area contributed by atoms with Gasteiger partial charge in [0.2, 0.25) is 5.91 Å². The average Bonchev–Trinajstić information content (AvgIpc) is 3.12. The number of carbonyl (C=O) groups is 1. The molecule has 1 N–H and O–H groups in total. The van der Waals surface area contributed by atoms with E-state index in [1.165, 1.54) is 30.3 Å². The van der Waals surface area contributed by atoms with Crippen molar-refractivity contribution in [2.45, 2.75) is 24.8 Å². The van der Waals surface area contributed by atoms with Crippen LogP contribution in [0.4, 0.5) is 11.4 Å². The summed E-state index contributed by atoms with van der Waals surface area (Å²) in [6.45, 7) is 3.36. The van der Waals surface area contributed by atoms with Crippen LogP contribution in [0.15, 0.2) is 76.4 Å². The van der Waals surface area contributed by atoms with E-state index in [0.29, 0.717) is 15.7 Å². The van der Waals surface area contributed by atoms with Gasteiger partial charge >= 0.3 is 4.87 Å². The molecule has 0 spiro atoms. The van der Waals surface area contributed by atoms with Gasteiger partial charge in [0.25, 0.3) is 10.0 Å². The number of hydrogen-bond acceptors (Lipinski definition) is 5. The minimum Gasteiger partial charge on any atom is -0.324 e. The fourth-order valence-electron chi connectivity index (χ4n) is 3.61. The molecule has 0 aliphatic rings. The molecule has 7 nitrogen and oxygen atoms in total. The van der Waals surface area contributed by atoms with Crippen molar-refractivity contribution in [1.82, 2.24) is 4.57 Å². The molecule has 1 heterocycles. The van der Waals surface area contributed by atoms with Crippen molar-refractivity contribution in [2.24, 2.45) is 0 Å². The second-order valence-electron chi connectivity index (χ2n) is 8.01. The van der Waals surface area contributed by atoms with Crippen molar-refractivity contribution >= 4 is 72.1 Å². The van der Waals surface area contributed by atoms with Crippen LogP contribution in [0.2, 0.25) is 10.0 Å². The highest BCUT2D eigenvalue weighted by Gasteiger charge is 2.27. The van der Waals surface area contributed by atoms with Crippen LogP contribution in [0.1, 0.15) is 19.9 Å². The normalized spacial score (nSPS) is 11.7. The molecule has 4 rings (SSSR count). The third-order valence-electron chi connectivity index (χ3n) is 5.20.